The first-order chi connectivity index (χ1) is 16.0. The second-order valence-electron chi connectivity index (χ2n) is 9.04. The standard InChI is InChI=1S/C26H36N5OS/c1-5-6-12-27-15-20-7-9-21(10-8-20)17-32-26-28-13-11-22(30-26)19(3)25-29-23-16-31(4)18(2)14-24(23)33-25/h7-9,11,13-14,16,18-19,21,25,27,29H,4-6,10,12,15,17H2,1-3H3/q+1. The van der Waals surface area contributed by atoms with Crippen molar-refractivity contribution in [2.75, 3.05) is 19.7 Å². The maximum atomic E-state index is 5.99. The molecule has 4 rings (SSSR count). The number of fused-ring (bicyclic) bond motifs is 1. The van der Waals surface area contributed by atoms with E-state index in [-0.39, 0.29) is 11.3 Å². The summed E-state index contributed by atoms with van der Waals surface area (Å²) in [6.45, 7) is 13.3. The van der Waals surface area contributed by atoms with E-state index in [0.29, 0.717) is 24.6 Å². The van der Waals surface area contributed by atoms with Crippen LogP contribution in [0.5, 0.6) is 6.01 Å². The van der Waals surface area contributed by atoms with Gasteiger partial charge in [0.25, 0.3) is 0 Å². The lowest BCUT2D eigenvalue weighted by molar-refractivity contribution is -0.476. The normalized spacial score (nSPS) is 25.0. The van der Waals surface area contributed by atoms with Crippen LogP contribution in [0, 0.1) is 5.92 Å². The molecule has 0 saturated carbocycles. The van der Waals surface area contributed by atoms with Crippen molar-refractivity contribution in [2.24, 2.45) is 5.92 Å². The number of ether oxygens (including phenoxy) is 1. The molecule has 0 bridgehead atoms. The van der Waals surface area contributed by atoms with E-state index in [2.05, 4.69) is 73.6 Å². The van der Waals surface area contributed by atoms with Crippen LogP contribution in [0.4, 0.5) is 0 Å². The number of rotatable bonds is 10. The summed E-state index contributed by atoms with van der Waals surface area (Å²) in [6.07, 6.45) is 16.4. The number of nitrogens with one attached hydrogen (secondary N) is 2. The van der Waals surface area contributed by atoms with Crippen LogP contribution in [-0.4, -0.2) is 52.4 Å². The minimum Gasteiger partial charge on any atom is -0.463 e. The number of unbranched alkanes of at least 4 members (excludes halogenated alkanes) is 1. The van der Waals surface area contributed by atoms with Gasteiger partial charge in [-0.2, -0.15) is 4.98 Å². The second-order valence-corrected chi connectivity index (χ2v) is 10.2. The predicted octanol–water partition coefficient (Wildman–Crippen LogP) is 4.35. The molecule has 7 heteroatoms. The Kier molecular flexibility index (Phi) is 8.04. The van der Waals surface area contributed by atoms with Crippen LogP contribution in [0.3, 0.4) is 0 Å². The van der Waals surface area contributed by atoms with Crippen LogP contribution < -0.4 is 15.4 Å². The first kappa shape index (κ1) is 23.8. The van der Waals surface area contributed by atoms with E-state index >= 15 is 0 Å². The lowest BCUT2D eigenvalue weighted by Crippen LogP contribution is -2.27. The minimum absolute atomic E-state index is 0.210. The molecule has 33 heavy (non-hydrogen) atoms. The average molecular weight is 467 g/mol. The van der Waals surface area contributed by atoms with Crippen LogP contribution in [0.2, 0.25) is 0 Å². The molecule has 1 fully saturated rings. The number of allylic oxidation sites excluding steroid dienone is 1. The summed E-state index contributed by atoms with van der Waals surface area (Å²) >= 11 is 1.86. The fraction of sp³-hybridized carbons (Fsp3) is 0.500. The maximum Gasteiger partial charge on any atom is 0.316 e. The van der Waals surface area contributed by atoms with Crippen LogP contribution >= 0.6 is 11.8 Å². The van der Waals surface area contributed by atoms with Crippen molar-refractivity contribution < 1.29 is 9.31 Å². The SMILES string of the molecule is C=[N+]1C=C2NC(C(C)c3ccnc(OCC4C=CC(CNCCCC)=CC4)n3)SC2=CC1C. The third-order valence-electron chi connectivity index (χ3n) is 6.33. The van der Waals surface area contributed by atoms with Crippen molar-refractivity contribution in [3.8, 4) is 6.01 Å². The van der Waals surface area contributed by atoms with E-state index in [0.717, 1.165) is 30.9 Å². The Morgan fingerprint density at radius 2 is 2.30 bits per heavy atom. The molecule has 0 spiro atoms. The fourth-order valence-corrected chi connectivity index (χ4v) is 5.34. The van der Waals surface area contributed by atoms with Crippen LogP contribution in [-0.2, 0) is 0 Å². The van der Waals surface area contributed by atoms with Crippen molar-refractivity contribution in [2.45, 2.75) is 57.4 Å². The van der Waals surface area contributed by atoms with Gasteiger partial charge in [-0.05, 0) is 37.1 Å². The summed E-state index contributed by atoms with van der Waals surface area (Å²) < 4.78 is 7.97. The number of thioether (sulfide) groups is 1. The van der Waals surface area contributed by atoms with Gasteiger partial charge in [-0.3, -0.25) is 0 Å². The van der Waals surface area contributed by atoms with Gasteiger partial charge < -0.3 is 15.4 Å². The Labute approximate surface area is 202 Å². The number of hydrogen-bond acceptors (Lipinski definition) is 6. The number of aromatic nitrogens is 2. The molecule has 1 aromatic rings. The molecule has 2 N–H and O–H groups in total. The predicted molar refractivity (Wildman–Crippen MR) is 137 cm³/mol. The third-order valence-corrected chi connectivity index (χ3v) is 7.72. The van der Waals surface area contributed by atoms with Crippen molar-refractivity contribution in [1.29, 1.82) is 0 Å². The highest BCUT2D eigenvalue weighted by atomic mass is 32.2. The number of hydrogen-bond donors (Lipinski definition) is 2. The van der Waals surface area contributed by atoms with Crippen LogP contribution in [0.15, 0.2) is 58.9 Å². The summed E-state index contributed by atoms with van der Waals surface area (Å²) in [6, 6.07) is 2.76. The molecule has 0 aromatic carbocycles. The van der Waals surface area contributed by atoms with Gasteiger partial charge in [-0.1, -0.05) is 50.3 Å². The van der Waals surface area contributed by atoms with Crippen LogP contribution in [0.25, 0.3) is 0 Å². The lowest BCUT2D eigenvalue weighted by atomic mass is 9.97. The first-order valence-electron chi connectivity index (χ1n) is 12.0. The van der Waals surface area contributed by atoms with Crippen molar-refractivity contribution in [3.63, 3.8) is 0 Å². The molecule has 176 valence electrons. The van der Waals surface area contributed by atoms with E-state index < -0.39 is 0 Å². The zero-order valence-corrected chi connectivity index (χ0v) is 20.8. The fourth-order valence-electron chi connectivity index (χ4n) is 4.02. The van der Waals surface area contributed by atoms with E-state index in [9.17, 15) is 0 Å². The van der Waals surface area contributed by atoms with Crippen molar-refractivity contribution >= 4 is 18.5 Å². The quantitative estimate of drug-likeness (QED) is 0.395. The van der Waals surface area contributed by atoms with Gasteiger partial charge in [-0.25, -0.2) is 9.56 Å². The third kappa shape index (κ3) is 6.15. The smallest absolute Gasteiger partial charge is 0.316 e. The van der Waals surface area contributed by atoms with Gasteiger partial charge in [0.1, 0.15) is 12.4 Å². The van der Waals surface area contributed by atoms with Gasteiger partial charge in [0.2, 0.25) is 0 Å². The van der Waals surface area contributed by atoms with Gasteiger partial charge >= 0.3 is 6.01 Å². The maximum absolute atomic E-state index is 5.99. The Balaban J connectivity index is 1.28. The lowest BCUT2D eigenvalue weighted by Gasteiger charge is -2.19. The van der Waals surface area contributed by atoms with E-state index in [1.54, 1.807) is 6.20 Å². The van der Waals surface area contributed by atoms with Crippen molar-refractivity contribution in [3.05, 3.63) is 64.6 Å². The Morgan fingerprint density at radius 1 is 1.42 bits per heavy atom. The molecule has 1 aromatic heterocycles. The van der Waals surface area contributed by atoms with Gasteiger partial charge in [0, 0.05) is 36.4 Å². The molecular weight excluding hydrogens is 430 g/mol. The summed E-state index contributed by atoms with van der Waals surface area (Å²) in [7, 11) is 0. The highest BCUT2D eigenvalue weighted by molar-refractivity contribution is 8.04. The minimum atomic E-state index is 0.210. The molecule has 3 aliphatic rings. The van der Waals surface area contributed by atoms with E-state index in [1.807, 2.05) is 22.4 Å². The molecule has 1 aliphatic carbocycles. The number of nitrogens with zero attached hydrogens (tertiary/aromatic N) is 3. The Hall–Kier alpha value is -2.38. The highest BCUT2D eigenvalue weighted by Gasteiger charge is 2.34. The molecule has 4 atom stereocenters. The van der Waals surface area contributed by atoms with E-state index in [1.165, 1.54) is 23.3 Å². The largest absolute Gasteiger partial charge is 0.463 e. The topological polar surface area (TPSA) is 62.1 Å². The van der Waals surface area contributed by atoms with E-state index in [4.69, 9.17) is 9.72 Å². The Bertz CT molecular complexity index is 983. The second kappa shape index (κ2) is 11.2. The highest BCUT2D eigenvalue weighted by Crippen LogP contribution is 2.41. The molecule has 3 heterocycles. The zero-order chi connectivity index (χ0) is 23.2. The summed E-state index contributed by atoms with van der Waals surface area (Å²) in [5, 5.41) is 7.34. The summed E-state index contributed by atoms with van der Waals surface area (Å²) in [5.41, 5.74) is 3.50. The monoisotopic (exact) mass is 466 g/mol. The molecule has 1 saturated heterocycles. The average Bonchev–Trinajstić information content (AvgIpc) is 3.24. The zero-order valence-electron chi connectivity index (χ0n) is 20.0. The van der Waals surface area contributed by atoms with Crippen LogP contribution in [0.1, 0.15) is 51.6 Å². The molecule has 6 nitrogen and oxygen atoms in total. The summed E-state index contributed by atoms with van der Waals surface area (Å²) in [4.78, 5) is 10.4. The summed E-state index contributed by atoms with van der Waals surface area (Å²) in [5.74, 6) is 0.567. The molecule has 0 amide bonds. The molecular formula is C26H36N5OS+. The molecule has 4 unspecified atom stereocenters. The van der Waals surface area contributed by atoms with Gasteiger partial charge in [0.15, 0.2) is 12.2 Å². The van der Waals surface area contributed by atoms with Gasteiger partial charge in [0.05, 0.1) is 17.7 Å². The van der Waals surface area contributed by atoms with Crippen molar-refractivity contribution in [1.82, 2.24) is 20.6 Å². The Morgan fingerprint density at radius 3 is 3.09 bits per heavy atom. The van der Waals surface area contributed by atoms with Gasteiger partial charge in [-0.15, -0.1) is 0 Å². The first-order valence-corrected chi connectivity index (χ1v) is 12.9. The molecule has 2 aliphatic heterocycles. The molecule has 0 radical (unpaired) electrons.